The molecule has 0 bridgehead atoms. The molecule has 0 heterocycles. The number of hydrogen-bond acceptors (Lipinski definition) is 3. The van der Waals surface area contributed by atoms with Crippen LogP contribution in [0.4, 0.5) is 0 Å². The van der Waals surface area contributed by atoms with E-state index in [1.165, 1.54) is 38.5 Å². The van der Waals surface area contributed by atoms with Gasteiger partial charge < -0.3 is 15.3 Å². The molecule has 0 saturated heterocycles. The fourth-order valence-electron chi connectivity index (χ4n) is 6.97. The first kappa shape index (κ1) is 24.7. The van der Waals surface area contributed by atoms with Gasteiger partial charge in [-0.3, -0.25) is 0 Å². The maximum Gasteiger partial charge on any atom is 0.0633 e. The molecule has 3 rings (SSSR count). The van der Waals surface area contributed by atoms with Crippen molar-refractivity contribution in [1.82, 2.24) is 0 Å². The van der Waals surface area contributed by atoms with Crippen molar-refractivity contribution < 1.29 is 15.3 Å². The van der Waals surface area contributed by atoms with Crippen LogP contribution < -0.4 is 0 Å². The molecule has 0 aromatic heterocycles. The van der Waals surface area contributed by atoms with Gasteiger partial charge in [0.25, 0.3) is 0 Å². The number of aliphatic hydroxyl groups is 3. The summed E-state index contributed by atoms with van der Waals surface area (Å²) < 4.78 is 0. The van der Waals surface area contributed by atoms with E-state index in [0.717, 1.165) is 29.9 Å². The number of aliphatic hydroxyl groups excluding tert-OH is 2. The van der Waals surface area contributed by atoms with Gasteiger partial charge in [-0.05, 0) is 94.0 Å². The third kappa shape index (κ3) is 5.72. The van der Waals surface area contributed by atoms with E-state index in [1.807, 2.05) is 13.8 Å². The lowest BCUT2D eigenvalue weighted by Gasteiger charge is -2.44. The van der Waals surface area contributed by atoms with Crippen LogP contribution in [0.25, 0.3) is 0 Å². The average Bonchev–Trinajstić information content (AvgIpc) is 3.04. The minimum absolute atomic E-state index is 0.0321. The van der Waals surface area contributed by atoms with Crippen molar-refractivity contribution in [3.8, 4) is 0 Å². The number of rotatable bonds is 7. The van der Waals surface area contributed by atoms with Gasteiger partial charge in [0.2, 0.25) is 0 Å². The SMILES string of the molecule is C=C1C[C@@H](CO)[C@@H](O)C/C1=C/C=C1CCC[C@@]2(C)C1CC[C@@H]2[C@@H](C)CCCC(C)(C)O. The first-order valence-electron chi connectivity index (χ1n) is 12.6. The topological polar surface area (TPSA) is 60.7 Å². The zero-order valence-corrected chi connectivity index (χ0v) is 20.4. The summed E-state index contributed by atoms with van der Waals surface area (Å²) in [4.78, 5) is 0. The maximum atomic E-state index is 10.3. The fourth-order valence-corrected chi connectivity index (χ4v) is 6.97. The molecule has 6 atom stereocenters. The van der Waals surface area contributed by atoms with Crippen LogP contribution in [-0.2, 0) is 0 Å². The van der Waals surface area contributed by atoms with Gasteiger partial charge >= 0.3 is 0 Å². The normalized spacial score (nSPS) is 38.0. The highest BCUT2D eigenvalue weighted by molar-refractivity contribution is 5.37. The van der Waals surface area contributed by atoms with Gasteiger partial charge in [0.15, 0.2) is 0 Å². The predicted octanol–water partition coefficient (Wildman–Crippen LogP) is 5.95. The molecule has 0 aromatic carbocycles. The summed E-state index contributed by atoms with van der Waals surface area (Å²) in [6.07, 6.45) is 15.0. The van der Waals surface area contributed by atoms with Crippen molar-refractivity contribution in [2.75, 3.05) is 6.61 Å². The molecule has 3 fully saturated rings. The fraction of sp³-hybridized carbons (Fsp3) is 0.786. The zero-order valence-electron chi connectivity index (χ0n) is 20.4. The predicted molar refractivity (Wildman–Crippen MR) is 129 cm³/mol. The first-order valence-corrected chi connectivity index (χ1v) is 12.6. The summed E-state index contributed by atoms with van der Waals surface area (Å²) in [7, 11) is 0. The van der Waals surface area contributed by atoms with Crippen LogP contribution in [0.1, 0.15) is 91.9 Å². The molecule has 3 nitrogen and oxygen atoms in total. The van der Waals surface area contributed by atoms with E-state index in [0.29, 0.717) is 30.1 Å². The van der Waals surface area contributed by atoms with Crippen molar-refractivity contribution in [2.45, 2.75) is 104 Å². The summed E-state index contributed by atoms with van der Waals surface area (Å²) in [5.74, 6) is 2.08. The second-order valence-electron chi connectivity index (χ2n) is 11.7. The third-order valence-electron chi connectivity index (χ3n) is 8.84. The molecule has 3 saturated carbocycles. The molecule has 3 heteroatoms. The van der Waals surface area contributed by atoms with Crippen LogP contribution in [0, 0.1) is 29.1 Å². The van der Waals surface area contributed by atoms with E-state index in [1.54, 1.807) is 5.57 Å². The molecule has 0 amide bonds. The minimum Gasteiger partial charge on any atom is -0.396 e. The van der Waals surface area contributed by atoms with Crippen molar-refractivity contribution >= 4 is 0 Å². The van der Waals surface area contributed by atoms with Crippen molar-refractivity contribution in [3.63, 3.8) is 0 Å². The Morgan fingerprint density at radius 2 is 1.97 bits per heavy atom. The lowest BCUT2D eigenvalue weighted by atomic mass is 9.60. The van der Waals surface area contributed by atoms with E-state index in [4.69, 9.17) is 0 Å². The maximum absolute atomic E-state index is 10.3. The monoisotopic (exact) mass is 430 g/mol. The Bertz CT molecular complexity index is 698. The van der Waals surface area contributed by atoms with Crippen LogP contribution in [0.5, 0.6) is 0 Å². The summed E-state index contributed by atoms with van der Waals surface area (Å²) in [6.45, 7) is 13.1. The molecular weight excluding hydrogens is 384 g/mol. The number of allylic oxidation sites excluding steroid dienone is 4. The Morgan fingerprint density at radius 3 is 2.65 bits per heavy atom. The molecule has 0 aliphatic heterocycles. The Kier molecular flexibility index (Phi) is 7.92. The molecule has 0 spiro atoms. The standard InChI is InChI=1S/C28H46O3/c1-19(8-6-14-27(3,4)31)24-12-13-25-21(9-7-15-28(24,25)5)10-11-22-17-26(30)23(18-29)16-20(22)2/h10-11,19,23-26,29-31H,2,6-9,12-18H2,1,3-5H3/b21-10?,22-11-/t19-,23-,24+,25?,26-,28+/m0/s1. The zero-order chi connectivity index (χ0) is 22.8. The Balaban J connectivity index is 1.68. The van der Waals surface area contributed by atoms with Gasteiger partial charge in [0.05, 0.1) is 11.7 Å². The summed E-state index contributed by atoms with van der Waals surface area (Å²) in [6, 6.07) is 0. The molecule has 3 N–H and O–H groups in total. The summed E-state index contributed by atoms with van der Waals surface area (Å²) in [5.41, 5.74) is 3.67. The summed E-state index contributed by atoms with van der Waals surface area (Å²) in [5, 5.41) is 29.8. The summed E-state index contributed by atoms with van der Waals surface area (Å²) >= 11 is 0. The quantitative estimate of drug-likeness (QED) is 0.467. The molecule has 31 heavy (non-hydrogen) atoms. The average molecular weight is 431 g/mol. The Labute approximate surface area is 190 Å². The van der Waals surface area contributed by atoms with Gasteiger partial charge in [-0.25, -0.2) is 0 Å². The van der Waals surface area contributed by atoms with Gasteiger partial charge in [-0.2, -0.15) is 0 Å². The Morgan fingerprint density at radius 1 is 1.23 bits per heavy atom. The highest BCUT2D eigenvalue weighted by Crippen LogP contribution is 2.60. The number of hydrogen-bond donors (Lipinski definition) is 3. The smallest absolute Gasteiger partial charge is 0.0633 e. The van der Waals surface area contributed by atoms with E-state index >= 15 is 0 Å². The molecule has 1 unspecified atom stereocenters. The molecule has 176 valence electrons. The van der Waals surface area contributed by atoms with Gasteiger partial charge in [-0.1, -0.05) is 56.6 Å². The molecule has 0 radical (unpaired) electrons. The Hall–Kier alpha value is -0.900. The van der Waals surface area contributed by atoms with E-state index < -0.39 is 11.7 Å². The van der Waals surface area contributed by atoms with Gasteiger partial charge in [0, 0.05) is 12.5 Å². The van der Waals surface area contributed by atoms with E-state index in [9.17, 15) is 15.3 Å². The van der Waals surface area contributed by atoms with Crippen molar-refractivity contribution in [1.29, 1.82) is 0 Å². The first-order chi connectivity index (χ1) is 14.5. The van der Waals surface area contributed by atoms with E-state index in [-0.39, 0.29) is 12.5 Å². The second-order valence-corrected chi connectivity index (χ2v) is 11.7. The molecule has 3 aliphatic rings. The third-order valence-corrected chi connectivity index (χ3v) is 8.84. The number of fused-ring (bicyclic) bond motifs is 1. The highest BCUT2D eigenvalue weighted by Gasteiger charge is 2.50. The van der Waals surface area contributed by atoms with Crippen LogP contribution in [0.2, 0.25) is 0 Å². The van der Waals surface area contributed by atoms with Crippen LogP contribution in [0.3, 0.4) is 0 Å². The lowest BCUT2D eigenvalue weighted by Crippen LogP contribution is -2.36. The molecule has 3 aliphatic carbocycles. The molecular formula is C28H46O3. The van der Waals surface area contributed by atoms with Crippen molar-refractivity contribution in [2.24, 2.45) is 29.1 Å². The minimum atomic E-state index is -0.552. The lowest BCUT2D eigenvalue weighted by molar-refractivity contribution is 0.0592. The van der Waals surface area contributed by atoms with Crippen LogP contribution in [0.15, 0.2) is 35.5 Å². The van der Waals surface area contributed by atoms with Crippen LogP contribution >= 0.6 is 0 Å². The van der Waals surface area contributed by atoms with Crippen molar-refractivity contribution in [3.05, 3.63) is 35.5 Å². The highest BCUT2D eigenvalue weighted by atomic mass is 16.3. The largest absolute Gasteiger partial charge is 0.396 e. The van der Waals surface area contributed by atoms with E-state index in [2.05, 4.69) is 32.6 Å². The van der Waals surface area contributed by atoms with Crippen LogP contribution in [-0.4, -0.2) is 33.6 Å². The van der Waals surface area contributed by atoms with Gasteiger partial charge in [0.1, 0.15) is 0 Å². The second kappa shape index (κ2) is 9.93. The van der Waals surface area contributed by atoms with Gasteiger partial charge in [-0.15, -0.1) is 0 Å². The molecule has 0 aromatic rings.